The monoisotopic (exact) mass is 292 g/mol. The van der Waals surface area contributed by atoms with E-state index in [9.17, 15) is 8.42 Å². The first-order valence-corrected chi connectivity index (χ1v) is 8.95. The molecule has 2 N–H and O–H groups in total. The van der Waals surface area contributed by atoms with Gasteiger partial charge in [0.1, 0.15) is 0 Å². The minimum absolute atomic E-state index is 0.0950. The number of hydrogen-bond donors (Lipinski definition) is 2. The van der Waals surface area contributed by atoms with E-state index in [1.807, 2.05) is 7.05 Å². The van der Waals surface area contributed by atoms with Crippen LogP contribution in [-0.4, -0.2) is 33.0 Å². The second-order valence-electron chi connectivity index (χ2n) is 3.96. The maximum absolute atomic E-state index is 12.1. The van der Waals surface area contributed by atoms with Crippen LogP contribution in [0.15, 0.2) is 16.3 Å². The molecule has 2 heterocycles. The number of thioether (sulfide) groups is 1. The lowest BCUT2D eigenvalue weighted by Crippen LogP contribution is -2.34. The zero-order valence-corrected chi connectivity index (χ0v) is 12.1. The van der Waals surface area contributed by atoms with E-state index in [0.717, 1.165) is 22.8 Å². The van der Waals surface area contributed by atoms with Crippen LogP contribution in [0.3, 0.4) is 0 Å². The predicted octanol–water partition coefficient (Wildman–Crippen LogP) is 1.25. The van der Waals surface area contributed by atoms with Gasteiger partial charge in [0.2, 0.25) is 10.0 Å². The van der Waals surface area contributed by atoms with Crippen molar-refractivity contribution in [3.8, 4) is 0 Å². The largest absolute Gasteiger partial charge is 0.315 e. The summed E-state index contributed by atoms with van der Waals surface area (Å²) in [7, 11) is -1.47. The first-order chi connectivity index (χ1) is 8.12. The van der Waals surface area contributed by atoms with E-state index in [1.54, 1.807) is 23.2 Å². The zero-order valence-electron chi connectivity index (χ0n) is 9.60. The number of sulfonamides is 1. The molecule has 0 bridgehead atoms. The van der Waals surface area contributed by atoms with Crippen molar-refractivity contribution in [1.82, 2.24) is 10.0 Å². The molecule has 4 nitrogen and oxygen atoms in total. The predicted molar refractivity (Wildman–Crippen MR) is 73.1 cm³/mol. The van der Waals surface area contributed by atoms with Crippen LogP contribution >= 0.6 is 23.1 Å². The molecular formula is C10H16N2O2S3. The summed E-state index contributed by atoms with van der Waals surface area (Å²) in [6.45, 7) is 0.708. The van der Waals surface area contributed by atoms with Crippen molar-refractivity contribution >= 4 is 33.1 Å². The molecule has 0 aromatic carbocycles. The third-order valence-corrected chi connectivity index (χ3v) is 6.29. The summed E-state index contributed by atoms with van der Waals surface area (Å²) in [5.74, 6) is 1.93. The molecule has 1 aliphatic rings. The Morgan fingerprint density at radius 1 is 1.53 bits per heavy atom. The van der Waals surface area contributed by atoms with Gasteiger partial charge in [-0.2, -0.15) is 11.8 Å². The highest BCUT2D eigenvalue weighted by Gasteiger charge is 2.23. The van der Waals surface area contributed by atoms with Crippen LogP contribution in [0.4, 0.5) is 0 Å². The van der Waals surface area contributed by atoms with Gasteiger partial charge in [-0.1, -0.05) is 0 Å². The van der Waals surface area contributed by atoms with Gasteiger partial charge < -0.3 is 5.32 Å². The second-order valence-corrected chi connectivity index (χ2v) is 7.82. The third kappa shape index (κ3) is 3.45. The van der Waals surface area contributed by atoms with E-state index >= 15 is 0 Å². The molecule has 1 saturated heterocycles. The first-order valence-electron chi connectivity index (χ1n) is 5.44. The standard InChI is InChI=1S/C10H16N2O2S3/c1-11-5-9-4-10(7-16-9)17(13,14)12-8-2-3-15-6-8/h4,7-8,11-12H,2-3,5-6H2,1H3. The van der Waals surface area contributed by atoms with Crippen molar-refractivity contribution in [2.75, 3.05) is 18.6 Å². The van der Waals surface area contributed by atoms with Crippen molar-refractivity contribution in [3.05, 3.63) is 16.3 Å². The fourth-order valence-corrected chi connectivity index (χ4v) is 5.50. The van der Waals surface area contributed by atoms with Crippen molar-refractivity contribution in [2.45, 2.75) is 23.9 Å². The van der Waals surface area contributed by atoms with Crippen LogP contribution < -0.4 is 10.0 Å². The van der Waals surface area contributed by atoms with Gasteiger partial charge in [0.15, 0.2) is 0 Å². The molecule has 0 amide bonds. The Kier molecular flexibility index (Phi) is 4.48. The third-order valence-electron chi connectivity index (χ3n) is 2.54. The topological polar surface area (TPSA) is 58.2 Å². The Morgan fingerprint density at radius 2 is 2.35 bits per heavy atom. The van der Waals surface area contributed by atoms with E-state index in [2.05, 4.69) is 10.0 Å². The summed E-state index contributed by atoms with van der Waals surface area (Å²) in [6.07, 6.45) is 0.928. The van der Waals surface area contributed by atoms with E-state index in [-0.39, 0.29) is 6.04 Å². The van der Waals surface area contributed by atoms with Crippen molar-refractivity contribution in [3.63, 3.8) is 0 Å². The normalized spacial score (nSPS) is 20.9. The van der Waals surface area contributed by atoms with Gasteiger partial charge in [0, 0.05) is 28.6 Å². The molecule has 96 valence electrons. The highest BCUT2D eigenvalue weighted by molar-refractivity contribution is 7.99. The number of hydrogen-bond acceptors (Lipinski definition) is 5. The Morgan fingerprint density at radius 3 is 3.00 bits per heavy atom. The number of thiophene rings is 1. The van der Waals surface area contributed by atoms with Crippen LogP contribution in [0, 0.1) is 0 Å². The minimum atomic E-state index is -3.32. The lowest BCUT2D eigenvalue weighted by atomic mass is 10.3. The Bertz CT molecular complexity index is 464. The molecule has 1 aliphatic heterocycles. The van der Waals surface area contributed by atoms with Gasteiger partial charge in [-0.05, 0) is 25.3 Å². The molecule has 17 heavy (non-hydrogen) atoms. The van der Waals surface area contributed by atoms with E-state index in [4.69, 9.17) is 0 Å². The summed E-state index contributed by atoms with van der Waals surface area (Å²) in [6, 6.07) is 1.84. The molecule has 2 rings (SSSR count). The van der Waals surface area contributed by atoms with E-state index < -0.39 is 10.0 Å². The van der Waals surface area contributed by atoms with Gasteiger partial charge in [-0.15, -0.1) is 11.3 Å². The molecule has 1 unspecified atom stereocenters. The fourth-order valence-electron chi connectivity index (χ4n) is 1.68. The van der Waals surface area contributed by atoms with Crippen LogP contribution in [0.2, 0.25) is 0 Å². The van der Waals surface area contributed by atoms with Crippen molar-refractivity contribution in [1.29, 1.82) is 0 Å². The molecule has 1 aromatic heterocycles. The summed E-state index contributed by atoms with van der Waals surface area (Å²) >= 11 is 3.27. The van der Waals surface area contributed by atoms with Gasteiger partial charge in [-0.25, -0.2) is 13.1 Å². The summed E-state index contributed by atoms with van der Waals surface area (Å²) in [4.78, 5) is 1.43. The molecule has 1 fully saturated rings. The summed E-state index contributed by atoms with van der Waals surface area (Å²) in [5, 5.41) is 4.72. The van der Waals surface area contributed by atoms with Gasteiger partial charge >= 0.3 is 0 Å². The van der Waals surface area contributed by atoms with Gasteiger partial charge in [-0.3, -0.25) is 0 Å². The Balaban J connectivity index is 2.07. The first kappa shape index (κ1) is 13.4. The highest BCUT2D eigenvalue weighted by Crippen LogP contribution is 2.22. The lowest BCUT2D eigenvalue weighted by molar-refractivity contribution is 0.563. The van der Waals surface area contributed by atoms with E-state index in [1.165, 1.54) is 11.3 Å². The SMILES string of the molecule is CNCc1cc(S(=O)(=O)NC2CCSC2)cs1. The summed E-state index contributed by atoms with van der Waals surface area (Å²) < 4.78 is 26.9. The maximum atomic E-state index is 12.1. The molecule has 7 heteroatoms. The second kappa shape index (κ2) is 5.71. The van der Waals surface area contributed by atoms with Crippen LogP contribution in [0.5, 0.6) is 0 Å². The molecule has 1 atom stereocenters. The maximum Gasteiger partial charge on any atom is 0.241 e. The van der Waals surface area contributed by atoms with Crippen LogP contribution in [-0.2, 0) is 16.6 Å². The van der Waals surface area contributed by atoms with Crippen LogP contribution in [0.1, 0.15) is 11.3 Å². The Labute approximate surface area is 110 Å². The average molecular weight is 292 g/mol. The average Bonchev–Trinajstić information content (AvgIpc) is 2.88. The lowest BCUT2D eigenvalue weighted by Gasteiger charge is -2.10. The van der Waals surface area contributed by atoms with Crippen LogP contribution in [0.25, 0.3) is 0 Å². The molecule has 0 aliphatic carbocycles. The van der Waals surface area contributed by atoms with Crippen molar-refractivity contribution in [2.24, 2.45) is 0 Å². The zero-order chi connectivity index (χ0) is 12.3. The van der Waals surface area contributed by atoms with Crippen molar-refractivity contribution < 1.29 is 8.42 Å². The fraction of sp³-hybridized carbons (Fsp3) is 0.600. The van der Waals surface area contributed by atoms with Gasteiger partial charge in [0.05, 0.1) is 4.90 Å². The smallest absolute Gasteiger partial charge is 0.241 e. The Hall–Kier alpha value is -0.0800. The minimum Gasteiger partial charge on any atom is -0.315 e. The molecular weight excluding hydrogens is 276 g/mol. The molecule has 0 saturated carbocycles. The number of rotatable bonds is 5. The molecule has 1 aromatic rings. The van der Waals surface area contributed by atoms with Gasteiger partial charge in [0.25, 0.3) is 0 Å². The highest BCUT2D eigenvalue weighted by atomic mass is 32.2. The quantitative estimate of drug-likeness (QED) is 0.857. The van der Waals surface area contributed by atoms with E-state index in [0.29, 0.717) is 11.4 Å². The summed E-state index contributed by atoms with van der Waals surface area (Å²) in [5.41, 5.74) is 0. The number of nitrogens with one attached hydrogen (secondary N) is 2. The molecule has 0 radical (unpaired) electrons. The molecule has 0 spiro atoms.